The van der Waals surface area contributed by atoms with Gasteiger partial charge in [0.05, 0.1) is 6.04 Å². The van der Waals surface area contributed by atoms with Gasteiger partial charge in [-0.3, -0.25) is 0 Å². The third-order valence-electron chi connectivity index (χ3n) is 3.85. The molecule has 0 radical (unpaired) electrons. The van der Waals surface area contributed by atoms with Gasteiger partial charge in [-0.05, 0) is 26.3 Å². The number of unbranched alkanes of at least 4 members (excludes halogenated alkanes) is 2. The van der Waals surface area contributed by atoms with Crippen molar-refractivity contribution in [3.8, 4) is 17.3 Å². The number of aromatic nitrogens is 2. The van der Waals surface area contributed by atoms with Gasteiger partial charge in [0.25, 0.3) is 0 Å². The summed E-state index contributed by atoms with van der Waals surface area (Å²) >= 11 is 0. The largest absolute Gasteiger partial charge is 0.383 e. The van der Waals surface area contributed by atoms with Gasteiger partial charge >= 0.3 is 0 Å². The molecule has 1 aromatic heterocycles. The van der Waals surface area contributed by atoms with Gasteiger partial charge in [-0.25, -0.2) is 4.68 Å². The van der Waals surface area contributed by atoms with Crippen LogP contribution < -0.4 is 11.5 Å². The number of anilines is 1. The van der Waals surface area contributed by atoms with Crippen LogP contribution in [0.4, 0.5) is 5.82 Å². The smallest absolute Gasteiger partial charge is 0.140 e. The monoisotopic (exact) mass is 297 g/mol. The number of rotatable bonds is 7. The number of benzene rings is 1. The predicted molar refractivity (Wildman–Crippen MR) is 89.0 cm³/mol. The average molecular weight is 297 g/mol. The second kappa shape index (κ2) is 7.62. The fourth-order valence-electron chi connectivity index (χ4n) is 2.57. The molecule has 0 aliphatic rings. The summed E-state index contributed by atoms with van der Waals surface area (Å²) in [6.07, 6.45) is 4.21. The average Bonchev–Trinajstić information content (AvgIpc) is 2.89. The Hall–Kier alpha value is -2.32. The van der Waals surface area contributed by atoms with Crippen molar-refractivity contribution in [3.63, 3.8) is 0 Å². The van der Waals surface area contributed by atoms with Crippen LogP contribution in [0, 0.1) is 11.3 Å². The van der Waals surface area contributed by atoms with E-state index in [0.717, 1.165) is 37.8 Å². The van der Waals surface area contributed by atoms with Crippen molar-refractivity contribution in [1.82, 2.24) is 9.78 Å². The summed E-state index contributed by atoms with van der Waals surface area (Å²) in [5.74, 6) is 0.452. The number of nitrogens with zero attached hydrogens (tertiary/aromatic N) is 3. The molecule has 116 valence electrons. The van der Waals surface area contributed by atoms with Crippen molar-refractivity contribution in [2.45, 2.75) is 38.6 Å². The minimum atomic E-state index is 0.169. The molecule has 0 aliphatic carbocycles. The van der Waals surface area contributed by atoms with Gasteiger partial charge in [0, 0.05) is 5.56 Å². The van der Waals surface area contributed by atoms with Crippen molar-refractivity contribution >= 4 is 5.82 Å². The lowest BCUT2D eigenvalue weighted by atomic mass is 10.1. The molecule has 0 amide bonds. The molecule has 0 bridgehead atoms. The Morgan fingerprint density at radius 3 is 2.59 bits per heavy atom. The zero-order valence-electron chi connectivity index (χ0n) is 13.0. The Kier molecular flexibility index (Phi) is 5.56. The summed E-state index contributed by atoms with van der Waals surface area (Å²) in [4.78, 5) is 0. The van der Waals surface area contributed by atoms with E-state index in [0.29, 0.717) is 17.1 Å². The highest BCUT2D eigenvalue weighted by atomic mass is 15.3. The van der Waals surface area contributed by atoms with Crippen LogP contribution in [0.2, 0.25) is 0 Å². The second-order valence-electron chi connectivity index (χ2n) is 5.52. The zero-order chi connectivity index (χ0) is 15.9. The highest BCUT2D eigenvalue weighted by Crippen LogP contribution is 2.29. The molecule has 5 nitrogen and oxygen atoms in total. The van der Waals surface area contributed by atoms with Crippen LogP contribution in [0.3, 0.4) is 0 Å². The molecule has 1 aromatic carbocycles. The van der Waals surface area contributed by atoms with Crippen molar-refractivity contribution in [3.05, 3.63) is 35.9 Å². The van der Waals surface area contributed by atoms with Crippen LogP contribution in [0.25, 0.3) is 11.3 Å². The highest BCUT2D eigenvalue weighted by molar-refractivity contribution is 5.72. The number of nitriles is 1. The van der Waals surface area contributed by atoms with Crippen molar-refractivity contribution < 1.29 is 0 Å². The lowest BCUT2D eigenvalue weighted by Gasteiger charge is -2.13. The Bertz CT molecular complexity index is 639. The molecular formula is C17H23N5. The van der Waals surface area contributed by atoms with Gasteiger partial charge in [-0.15, -0.1) is 0 Å². The summed E-state index contributed by atoms with van der Waals surface area (Å²) in [5, 5.41) is 14.0. The van der Waals surface area contributed by atoms with E-state index in [2.05, 4.69) is 18.1 Å². The number of hydrogen-bond donors (Lipinski definition) is 2. The van der Waals surface area contributed by atoms with Gasteiger partial charge in [0.2, 0.25) is 0 Å². The van der Waals surface area contributed by atoms with Gasteiger partial charge in [-0.1, -0.05) is 43.2 Å². The van der Waals surface area contributed by atoms with Gasteiger partial charge in [0.1, 0.15) is 23.1 Å². The van der Waals surface area contributed by atoms with Crippen LogP contribution in [0.5, 0.6) is 0 Å². The first-order valence-corrected chi connectivity index (χ1v) is 7.72. The molecule has 0 fully saturated rings. The molecule has 22 heavy (non-hydrogen) atoms. The minimum Gasteiger partial charge on any atom is -0.383 e. The maximum absolute atomic E-state index is 9.40. The Labute approximate surface area is 131 Å². The maximum atomic E-state index is 9.40. The Morgan fingerprint density at radius 2 is 1.95 bits per heavy atom. The Morgan fingerprint density at radius 1 is 1.23 bits per heavy atom. The zero-order valence-corrected chi connectivity index (χ0v) is 13.0. The molecule has 0 spiro atoms. The molecule has 1 unspecified atom stereocenters. The summed E-state index contributed by atoms with van der Waals surface area (Å²) in [5.41, 5.74) is 13.7. The normalized spacial score (nSPS) is 12.0. The first kappa shape index (κ1) is 16.1. The van der Waals surface area contributed by atoms with E-state index in [1.807, 2.05) is 30.3 Å². The lowest BCUT2D eigenvalue weighted by molar-refractivity contribution is 0.443. The van der Waals surface area contributed by atoms with E-state index < -0.39 is 0 Å². The first-order chi connectivity index (χ1) is 10.7. The fraction of sp³-hybridized carbons (Fsp3) is 0.412. The lowest BCUT2D eigenvalue weighted by Crippen LogP contribution is -2.11. The van der Waals surface area contributed by atoms with E-state index in [4.69, 9.17) is 11.5 Å². The second-order valence-corrected chi connectivity index (χ2v) is 5.52. The van der Waals surface area contributed by atoms with Crippen molar-refractivity contribution in [1.29, 1.82) is 5.26 Å². The molecular weight excluding hydrogens is 274 g/mol. The predicted octanol–water partition coefficient (Wildman–Crippen LogP) is 3.08. The quantitative estimate of drug-likeness (QED) is 0.768. The van der Waals surface area contributed by atoms with Crippen molar-refractivity contribution in [2.24, 2.45) is 5.73 Å². The van der Waals surface area contributed by atoms with Crippen LogP contribution in [-0.4, -0.2) is 16.3 Å². The minimum absolute atomic E-state index is 0.169. The van der Waals surface area contributed by atoms with Crippen LogP contribution in [-0.2, 0) is 0 Å². The van der Waals surface area contributed by atoms with E-state index >= 15 is 0 Å². The maximum Gasteiger partial charge on any atom is 0.140 e. The number of nitrogens with two attached hydrogens (primary N) is 2. The number of hydrogen-bond acceptors (Lipinski definition) is 4. The van der Waals surface area contributed by atoms with E-state index in [1.54, 1.807) is 4.68 Å². The third-order valence-corrected chi connectivity index (χ3v) is 3.85. The molecule has 0 saturated heterocycles. The van der Waals surface area contributed by atoms with Gasteiger partial charge in [-0.2, -0.15) is 10.4 Å². The summed E-state index contributed by atoms with van der Waals surface area (Å²) in [6, 6.07) is 12.1. The SMILES string of the molecule is CC(CCCCCN)n1nc(-c2ccccc2)c(C#N)c1N. The molecule has 2 aromatic rings. The molecule has 4 N–H and O–H groups in total. The van der Waals surface area contributed by atoms with Gasteiger partial charge < -0.3 is 11.5 Å². The standard InChI is InChI=1S/C17H23N5/c1-13(8-4-3-7-11-18)22-17(20)15(12-19)16(21-22)14-9-5-2-6-10-14/h2,5-6,9-10,13H,3-4,7-8,11,18,20H2,1H3. The third kappa shape index (κ3) is 3.46. The molecule has 0 aliphatic heterocycles. The summed E-state index contributed by atoms with van der Waals surface area (Å²) in [7, 11) is 0. The van der Waals surface area contributed by atoms with Gasteiger partial charge in [0.15, 0.2) is 0 Å². The Balaban J connectivity index is 2.23. The molecule has 1 heterocycles. The van der Waals surface area contributed by atoms with Crippen LogP contribution >= 0.6 is 0 Å². The van der Waals surface area contributed by atoms with E-state index in [1.165, 1.54) is 0 Å². The topological polar surface area (TPSA) is 93.6 Å². The van der Waals surface area contributed by atoms with E-state index in [9.17, 15) is 5.26 Å². The molecule has 0 saturated carbocycles. The van der Waals surface area contributed by atoms with E-state index in [-0.39, 0.29) is 6.04 Å². The molecule has 2 rings (SSSR count). The molecule has 1 atom stereocenters. The summed E-state index contributed by atoms with van der Waals surface area (Å²) in [6.45, 7) is 2.82. The van der Waals surface area contributed by atoms with Crippen LogP contribution in [0.1, 0.15) is 44.2 Å². The first-order valence-electron chi connectivity index (χ1n) is 7.72. The highest BCUT2D eigenvalue weighted by Gasteiger charge is 2.19. The van der Waals surface area contributed by atoms with Crippen LogP contribution in [0.15, 0.2) is 30.3 Å². The van der Waals surface area contributed by atoms with Crippen molar-refractivity contribution in [2.75, 3.05) is 12.3 Å². The molecule has 5 heteroatoms. The summed E-state index contributed by atoms with van der Waals surface area (Å²) < 4.78 is 1.78. The fourth-order valence-corrected chi connectivity index (χ4v) is 2.57. The number of nitrogen functional groups attached to an aromatic ring is 1.